The number of nitrogens with one attached hydrogen (secondary N) is 1. The lowest BCUT2D eigenvalue weighted by atomic mass is 9.95. The zero-order chi connectivity index (χ0) is 14.8. The molecule has 0 spiro atoms. The molecular formula is C15H17NO5. The second kappa shape index (κ2) is 5.73. The van der Waals surface area contributed by atoms with Gasteiger partial charge in [-0.1, -0.05) is 6.07 Å². The van der Waals surface area contributed by atoms with Gasteiger partial charge in [0.15, 0.2) is 6.61 Å². The van der Waals surface area contributed by atoms with Crippen molar-refractivity contribution in [2.45, 2.75) is 37.5 Å². The van der Waals surface area contributed by atoms with Gasteiger partial charge >= 0.3 is 5.97 Å². The van der Waals surface area contributed by atoms with Crippen LogP contribution in [0.3, 0.4) is 0 Å². The summed E-state index contributed by atoms with van der Waals surface area (Å²) in [5.74, 6) is -0.866. The molecule has 1 amide bonds. The molecule has 2 heterocycles. The molecule has 0 saturated carbocycles. The summed E-state index contributed by atoms with van der Waals surface area (Å²) in [5.41, 5.74) is 0.459. The molecule has 2 fully saturated rings. The van der Waals surface area contributed by atoms with E-state index in [4.69, 9.17) is 14.6 Å². The van der Waals surface area contributed by atoms with Gasteiger partial charge in [0.25, 0.3) is 5.91 Å². The molecule has 3 unspecified atom stereocenters. The van der Waals surface area contributed by atoms with Crippen molar-refractivity contribution in [2.24, 2.45) is 0 Å². The van der Waals surface area contributed by atoms with Crippen molar-refractivity contribution >= 4 is 11.9 Å². The number of ether oxygens (including phenoxy) is 2. The molecule has 2 bridgehead atoms. The molecule has 21 heavy (non-hydrogen) atoms. The minimum Gasteiger partial charge on any atom is -0.482 e. The zero-order valence-electron chi connectivity index (χ0n) is 11.5. The van der Waals surface area contributed by atoms with Gasteiger partial charge in [-0.05, 0) is 37.5 Å². The van der Waals surface area contributed by atoms with E-state index in [0.717, 1.165) is 19.3 Å². The van der Waals surface area contributed by atoms with Gasteiger partial charge < -0.3 is 19.9 Å². The normalized spacial score (nSPS) is 26.6. The maximum atomic E-state index is 12.2. The van der Waals surface area contributed by atoms with Gasteiger partial charge in [-0.25, -0.2) is 4.79 Å². The third-order valence-corrected chi connectivity index (χ3v) is 3.88. The minimum atomic E-state index is -1.05. The number of carbonyl (C=O) groups excluding carboxylic acids is 1. The van der Waals surface area contributed by atoms with Gasteiger partial charge in [-0.3, -0.25) is 4.79 Å². The Morgan fingerprint density at radius 3 is 2.90 bits per heavy atom. The smallest absolute Gasteiger partial charge is 0.341 e. The van der Waals surface area contributed by atoms with E-state index in [1.165, 1.54) is 0 Å². The van der Waals surface area contributed by atoms with E-state index in [-0.39, 0.29) is 24.2 Å². The number of fused-ring (bicyclic) bond motifs is 2. The first-order chi connectivity index (χ1) is 10.1. The van der Waals surface area contributed by atoms with Crippen LogP contribution in [0.2, 0.25) is 0 Å². The van der Waals surface area contributed by atoms with Crippen molar-refractivity contribution in [3.63, 3.8) is 0 Å². The molecule has 1 aromatic carbocycles. The minimum absolute atomic E-state index is 0.0693. The lowest BCUT2D eigenvalue weighted by Crippen LogP contribution is -2.41. The lowest BCUT2D eigenvalue weighted by molar-refractivity contribution is -0.139. The standard InChI is InChI=1S/C15H17NO5/c17-14(18)8-20-10-3-1-2-9(6-10)15(19)16-12-7-11-4-5-13(12)21-11/h1-3,6,11-13H,4-5,7-8H2,(H,16,19)(H,17,18). The monoisotopic (exact) mass is 291 g/mol. The lowest BCUT2D eigenvalue weighted by Gasteiger charge is -2.20. The molecule has 2 N–H and O–H groups in total. The summed E-state index contributed by atoms with van der Waals surface area (Å²) >= 11 is 0. The van der Waals surface area contributed by atoms with Gasteiger partial charge in [0.2, 0.25) is 0 Å². The predicted octanol–water partition coefficient (Wildman–Crippen LogP) is 1.20. The summed E-state index contributed by atoms with van der Waals surface area (Å²) in [6.45, 7) is -0.425. The second-order valence-corrected chi connectivity index (χ2v) is 5.40. The van der Waals surface area contributed by atoms with E-state index in [1.807, 2.05) is 0 Å². The molecule has 6 nitrogen and oxygen atoms in total. The van der Waals surface area contributed by atoms with Gasteiger partial charge in [0.05, 0.1) is 18.2 Å². The maximum Gasteiger partial charge on any atom is 0.341 e. The van der Waals surface area contributed by atoms with Crippen LogP contribution in [-0.2, 0) is 9.53 Å². The predicted molar refractivity (Wildman–Crippen MR) is 73.3 cm³/mol. The fraction of sp³-hybridized carbons (Fsp3) is 0.467. The Morgan fingerprint density at radius 1 is 1.38 bits per heavy atom. The summed E-state index contributed by atoms with van der Waals surface area (Å²) in [6, 6.07) is 6.59. The number of carbonyl (C=O) groups is 2. The second-order valence-electron chi connectivity index (χ2n) is 5.40. The molecule has 2 aliphatic rings. The van der Waals surface area contributed by atoms with Crippen LogP contribution in [0.4, 0.5) is 0 Å². The van der Waals surface area contributed by atoms with Gasteiger partial charge in [-0.2, -0.15) is 0 Å². The Hall–Kier alpha value is -2.08. The quantitative estimate of drug-likeness (QED) is 0.851. The fourth-order valence-corrected chi connectivity index (χ4v) is 2.91. The van der Waals surface area contributed by atoms with E-state index in [0.29, 0.717) is 11.3 Å². The Morgan fingerprint density at radius 2 is 2.24 bits per heavy atom. The highest BCUT2D eigenvalue weighted by Crippen LogP contribution is 2.34. The van der Waals surface area contributed by atoms with E-state index in [9.17, 15) is 9.59 Å². The molecule has 2 saturated heterocycles. The zero-order valence-corrected chi connectivity index (χ0v) is 11.5. The summed E-state index contributed by atoms with van der Waals surface area (Å²) in [5, 5.41) is 11.6. The van der Waals surface area contributed by atoms with Crippen LogP contribution in [-0.4, -0.2) is 41.8 Å². The summed E-state index contributed by atoms with van der Waals surface area (Å²) in [6.07, 6.45) is 3.36. The van der Waals surface area contributed by atoms with E-state index < -0.39 is 12.6 Å². The number of amides is 1. The Bertz CT molecular complexity index is 559. The van der Waals surface area contributed by atoms with E-state index >= 15 is 0 Å². The average Bonchev–Trinajstić information content (AvgIpc) is 3.08. The molecule has 0 radical (unpaired) electrons. The number of hydrogen-bond donors (Lipinski definition) is 2. The van der Waals surface area contributed by atoms with Crippen LogP contribution in [0.15, 0.2) is 24.3 Å². The first-order valence-corrected chi connectivity index (χ1v) is 7.03. The van der Waals surface area contributed by atoms with Gasteiger partial charge in [-0.15, -0.1) is 0 Å². The highest BCUT2D eigenvalue weighted by molar-refractivity contribution is 5.94. The SMILES string of the molecule is O=C(O)COc1cccc(C(=O)NC2CC3CCC2O3)c1. The molecule has 0 aromatic heterocycles. The number of benzene rings is 1. The Balaban J connectivity index is 1.61. The van der Waals surface area contributed by atoms with Crippen molar-refractivity contribution in [3.8, 4) is 5.75 Å². The van der Waals surface area contributed by atoms with E-state index in [1.54, 1.807) is 24.3 Å². The van der Waals surface area contributed by atoms with E-state index in [2.05, 4.69) is 5.32 Å². The number of aliphatic carboxylic acids is 1. The highest BCUT2D eigenvalue weighted by atomic mass is 16.5. The Kier molecular flexibility index (Phi) is 3.79. The number of hydrogen-bond acceptors (Lipinski definition) is 4. The molecular weight excluding hydrogens is 274 g/mol. The maximum absolute atomic E-state index is 12.2. The molecule has 0 aliphatic carbocycles. The van der Waals surface area contributed by atoms with Crippen LogP contribution < -0.4 is 10.1 Å². The first-order valence-electron chi connectivity index (χ1n) is 7.03. The van der Waals surface area contributed by atoms with Crippen LogP contribution in [0.5, 0.6) is 5.75 Å². The number of carboxylic acid groups (broad SMARTS) is 1. The fourth-order valence-electron chi connectivity index (χ4n) is 2.91. The largest absolute Gasteiger partial charge is 0.482 e. The topological polar surface area (TPSA) is 84.9 Å². The number of rotatable bonds is 5. The molecule has 2 aliphatic heterocycles. The van der Waals surface area contributed by atoms with Crippen molar-refractivity contribution in [3.05, 3.63) is 29.8 Å². The molecule has 6 heteroatoms. The third kappa shape index (κ3) is 3.16. The van der Waals surface area contributed by atoms with Crippen LogP contribution in [0, 0.1) is 0 Å². The summed E-state index contributed by atoms with van der Waals surface area (Å²) in [7, 11) is 0. The van der Waals surface area contributed by atoms with Crippen molar-refractivity contribution in [1.82, 2.24) is 5.32 Å². The average molecular weight is 291 g/mol. The highest BCUT2D eigenvalue weighted by Gasteiger charge is 2.41. The van der Waals surface area contributed by atoms with Crippen molar-refractivity contribution in [2.75, 3.05) is 6.61 Å². The summed E-state index contributed by atoms with van der Waals surface area (Å²) < 4.78 is 10.8. The van der Waals surface area contributed by atoms with Gasteiger partial charge in [0.1, 0.15) is 5.75 Å². The molecule has 112 valence electrons. The molecule has 3 rings (SSSR count). The van der Waals surface area contributed by atoms with Crippen LogP contribution in [0.1, 0.15) is 29.6 Å². The third-order valence-electron chi connectivity index (χ3n) is 3.88. The van der Waals surface area contributed by atoms with Crippen molar-refractivity contribution in [1.29, 1.82) is 0 Å². The molecule has 3 atom stereocenters. The first kappa shape index (κ1) is 13.9. The Labute approximate surface area is 122 Å². The van der Waals surface area contributed by atoms with Crippen molar-refractivity contribution < 1.29 is 24.2 Å². The number of carboxylic acids is 1. The summed E-state index contributed by atoms with van der Waals surface area (Å²) in [4.78, 5) is 22.7. The van der Waals surface area contributed by atoms with Gasteiger partial charge in [0, 0.05) is 5.56 Å². The van der Waals surface area contributed by atoms with Crippen LogP contribution in [0.25, 0.3) is 0 Å². The molecule has 1 aromatic rings. The van der Waals surface area contributed by atoms with Crippen LogP contribution >= 0.6 is 0 Å².